The summed E-state index contributed by atoms with van der Waals surface area (Å²) in [6.45, 7) is 1.65. The molecular weight excluding hydrogens is 343 g/mol. The zero-order chi connectivity index (χ0) is 16.7. The lowest BCUT2D eigenvalue weighted by Crippen LogP contribution is -2.47. The fourth-order valence-corrected chi connectivity index (χ4v) is 3.49. The molecular formula is C13H11ClF3NO3S. The Bertz CT molecular complexity index is 743. The predicted molar refractivity (Wildman–Crippen MR) is 76.4 cm³/mol. The van der Waals surface area contributed by atoms with Crippen LogP contribution in [0.5, 0.6) is 0 Å². The Morgan fingerprint density at radius 2 is 2.00 bits per heavy atom. The first-order chi connectivity index (χ1) is 10.0. The lowest BCUT2D eigenvalue weighted by molar-refractivity contribution is -0.170. The molecule has 0 spiro atoms. The number of benzene rings is 1. The molecule has 0 radical (unpaired) electrons. The van der Waals surface area contributed by atoms with Gasteiger partial charge in [-0.05, 0) is 30.7 Å². The van der Waals surface area contributed by atoms with Gasteiger partial charge < -0.3 is 0 Å². The van der Waals surface area contributed by atoms with Gasteiger partial charge in [0.1, 0.15) is 0 Å². The molecule has 2 rings (SSSR count). The number of nitrogens with zero attached hydrogens (tertiary/aromatic N) is 1. The number of anilines is 1. The Kier molecular flexibility index (Phi) is 4.27. The summed E-state index contributed by atoms with van der Waals surface area (Å²) in [5.41, 5.74) is 0.518. The number of rotatable bonds is 2. The minimum Gasteiger partial charge on any atom is -0.297 e. The van der Waals surface area contributed by atoms with Crippen LogP contribution in [0.3, 0.4) is 0 Å². The second-order valence-corrected chi connectivity index (χ2v) is 7.17. The van der Waals surface area contributed by atoms with Crippen LogP contribution in [-0.2, 0) is 14.6 Å². The average molecular weight is 354 g/mol. The van der Waals surface area contributed by atoms with Crippen molar-refractivity contribution in [1.82, 2.24) is 0 Å². The molecule has 0 aromatic heterocycles. The Morgan fingerprint density at radius 3 is 2.45 bits per heavy atom. The highest BCUT2D eigenvalue weighted by Gasteiger charge is 2.46. The number of sulfone groups is 1. The third-order valence-corrected chi connectivity index (χ3v) is 4.92. The monoisotopic (exact) mass is 353 g/mol. The lowest BCUT2D eigenvalue weighted by Gasteiger charge is -2.28. The van der Waals surface area contributed by atoms with Gasteiger partial charge in [0.2, 0.25) is 0 Å². The Labute approximate surface area is 130 Å². The van der Waals surface area contributed by atoms with Crippen LogP contribution in [0.1, 0.15) is 5.56 Å². The summed E-state index contributed by atoms with van der Waals surface area (Å²) in [5.74, 6) is -2.74. The fourth-order valence-electron chi connectivity index (χ4n) is 2.05. The molecule has 0 unspecified atom stereocenters. The van der Waals surface area contributed by atoms with Gasteiger partial charge in [0.25, 0.3) is 0 Å². The van der Waals surface area contributed by atoms with E-state index in [0.717, 1.165) is 11.5 Å². The van der Waals surface area contributed by atoms with Crippen molar-refractivity contribution >= 4 is 33.0 Å². The standard InChI is InChI=1S/C13H11ClF3NO3S/c1-8-2-3-9(6-11(8)14)18(12(19)13(15,16)17)10-4-5-22(20,21)7-10/h2-6,10H,7H2,1H3/t10-/m1/s1. The minimum atomic E-state index is -5.13. The van der Waals surface area contributed by atoms with Gasteiger partial charge in [0.05, 0.1) is 11.8 Å². The van der Waals surface area contributed by atoms with Crippen LogP contribution in [0, 0.1) is 6.92 Å². The van der Waals surface area contributed by atoms with Crippen LogP contribution >= 0.6 is 11.6 Å². The first-order valence-electron chi connectivity index (χ1n) is 6.09. The third kappa shape index (κ3) is 3.44. The van der Waals surface area contributed by atoms with E-state index in [9.17, 15) is 26.4 Å². The molecule has 0 aliphatic carbocycles. The first kappa shape index (κ1) is 16.8. The van der Waals surface area contributed by atoms with Gasteiger partial charge in [-0.2, -0.15) is 13.2 Å². The summed E-state index contributed by atoms with van der Waals surface area (Å²) in [6, 6.07) is 2.74. The minimum absolute atomic E-state index is 0.107. The molecule has 0 fully saturated rings. The number of carbonyl (C=O) groups is 1. The number of aryl methyl sites for hydroxylation is 1. The van der Waals surface area contributed by atoms with Crippen LogP contribution in [0.4, 0.5) is 18.9 Å². The summed E-state index contributed by atoms with van der Waals surface area (Å²) in [5, 5.41) is 0.992. The molecule has 4 nitrogen and oxygen atoms in total. The van der Waals surface area contributed by atoms with E-state index in [1.54, 1.807) is 6.92 Å². The van der Waals surface area contributed by atoms with Crippen molar-refractivity contribution < 1.29 is 26.4 Å². The van der Waals surface area contributed by atoms with E-state index in [0.29, 0.717) is 10.5 Å². The smallest absolute Gasteiger partial charge is 0.297 e. The summed E-state index contributed by atoms with van der Waals surface area (Å²) in [6.07, 6.45) is -4.07. The molecule has 1 amide bonds. The predicted octanol–water partition coefficient (Wildman–Crippen LogP) is 2.85. The van der Waals surface area contributed by atoms with E-state index in [2.05, 4.69) is 0 Å². The maximum Gasteiger partial charge on any atom is 0.471 e. The molecule has 0 bridgehead atoms. The van der Waals surface area contributed by atoms with E-state index in [1.165, 1.54) is 18.2 Å². The first-order valence-corrected chi connectivity index (χ1v) is 8.18. The van der Waals surface area contributed by atoms with Crippen molar-refractivity contribution in [2.24, 2.45) is 0 Å². The maximum absolute atomic E-state index is 12.8. The highest BCUT2D eigenvalue weighted by molar-refractivity contribution is 7.94. The van der Waals surface area contributed by atoms with E-state index in [-0.39, 0.29) is 10.7 Å². The van der Waals surface area contributed by atoms with Crippen LogP contribution in [0.15, 0.2) is 29.7 Å². The number of halogens is 4. The number of alkyl halides is 3. The molecule has 1 aromatic carbocycles. The van der Waals surface area contributed by atoms with Crippen molar-refractivity contribution in [1.29, 1.82) is 0 Å². The molecule has 1 heterocycles. The molecule has 1 aliphatic rings. The quantitative estimate of drug-likeness (QED) is 0.821. The molecule has 1 aliphatic heterocycles. The summed E-state index contributed by atoms with van der Waals surface area (Å²) in [4.78, 5) is 12.1. The Hall–Kier alpha value is -1.54. The zero-order valence-corrected chi connectivity index (χ0v) is 12.8. The number of amides is 1. The number of carbonyl (C=O) groups excluding carboxylic acids is 1. The third-order valence-electron chi connectivity index (χ3n) is 3.14. The molecule has 0 saturated heterocycles. The molecule has 0 saturated carbocycles. The van der Waals surface area contributed by atoms with Crippen molar-refractivity contribution in [3.63, 3.8) is 0 Å². The Balaban J connectivity index is 2.49. The van der Waals surface area contributed by atoms with Crippen LogP contribution in [-0.4, -0.2) is 32.3 Å². The second kappa shape index (κ2) is 5.58. The van der Waals surface area contributed by atoms with E-state index >= 15 is 0 Å². The van der Waals surface area contributed by atoms with Gasteiger partial charge in [-0.3, -0.25) is 9.69 Å². The van der Waals surface area contributed by atoms with Crippen LogP contribution in [0.2, 0.25) is 5.02 Å². The fraction of sp³-hybridized carbons (Fsp3) is 0.308. The zero-order valence-electron chi connectivity index (χ0n) is 11.3. The molecule has 120 valence electrons. The SMILES string of the molecule is Cc1ccc(N(C(=O)C(F)(F)F)[C@@H]2C=CS(=O)(=O)C2)cc1Cl. The van der Waals surface area contributed by atoms with Gasteiger partial charge in [0.15, 0.2) is 9.84 Å². The normalized spacial score (nSPS) is 20.1. The highest BCUT2D eigenvalue weighted by Crippen LogP contribution is 2.31. The number of hydrogen-bond acceptors (Lipinski definition) is 3. The Morgan fingerprint density at radius 1 is 1.36 bits per heavy atom. The van der Waals surface area contributed by atoms with Gasteiger partial charge in [-0.25, -0.2) is 8.42 Å². The number of hydrogen-bond donors (Lipinski definition) is 0. The van der Waals surface area contributed by atoms with Crippen molar-refractivity contribution in [2.45, 2.75) is 19.1 Å². The summed E-state index contributed by atoms with van der Waals surface area (Å²) < 4.78 is 61.3. The van der Waals surface area contributed by atoms with Gasteiger partial charge in [-0.15, -0.1) is 0 Å². The molecule has 9 heteroatoms. The molecule has 1 atom stereocenters. The summed E-state index contributed by atoms with van der Waals surface area (Å²) in [7, 11) is -3.62. The lowest BCUT2D eigenvalue weighted by atomic mass is 10.1. The highest BCUT2D eigenvalue weighted by atomic mass is 35.5. The van der Waals surface area contributed by atoms with E-state index < -0.39 is 33.7 Å². The van der Waals surface area contributed by atoms with Crippen molar-refractivity contribution in [3.8, 4) is 0 Å². The summed E-state index contributed by atoms with van der Waals surface area (Å²) >= 11 is 5.88. The average Bonchev–Trinajstić information content (AvgIpc) is 2.73. The van der Waals surface area contributed by atoms with E-state index in [1.807, 2.05) is 0 Å². The van der Waals surface area contributed by atoms with Gasteiger partial charge >= 0.3 is 12.1 Å². The largest absolute Gasteiger partial charge is 0.471 e. The molecule has 1 aromatic rings. The van der Waals surface area contributed by atoms with Crippen LogP contribution < -0.4 is 4.90 Å². The maximum atomic E-state index is 12.8. The second-order valence-electron chi connectivity index (χ2n) is 4.83. The van der Waals surface area contributed by atoms with Crippen molar-refractivity contribution in [3.05, 3.63) is 40.3 Å². The van der Waals surface area contributed by atoms with Gasteiger partial charge in [-0.1, -0.05) is 17.7 Å². The molecule has 0 N–H and O–H groups in total. The van der Waals surface area contributed by atoms with Crippen molar-refractivity contribution in [2.75, 3.05) is 10.7 Å². The van der Waals surface area contributed by atoms with Crippen LogP contribution in [0.25, 0.3) is 0 Å². The molecule has 22 heavy (non-hydrogen) atoms. The topological polar surface area (TPSA) is 54.5 Å². The van der Waals surface area contributed by atoms with E-state index in [4.69, 9.17) is 11.6 Å². The van der Waals surface area contributed by atoms with Gasteiger partial charge in [0, 0.05) is 16.1 Å².